The third-order valence-corrected chi connectivity index (χ3v) is 8.13. The average Bonchev–Trinajstić information content (AvgIpc) is 3.32. The predicted octanol–water partition coefficient (Wildman–Crippen LogP) is 6.56. The van der Waals surface area contributed by atoms with Crippen molar-refractivity contribution in [3.63, 3.8) is 0 Å². The summed E-state index contributed by atoms with van der Waals surface area (Å²) in [4.78, 5) is 11.4. The number of hydrogen-bond acceptors (Lipinski definition) is 3. The fourth-order valence-electron chi connectivity index (χ4n) is 5.86. The first-order valence-electron chi connectivity index (χ1n) is 13.3. The van der Waals surface area contributed by atoms with Gasteiger partial charge in [0.1, 0.15) is 0 Å². The minimum absolute atomic E-state index is 0.128. The summed E-state index contributed by atoms with van der Waals surface area (Å²) >= 11 is 0. The van der Waals surface area contributed by atoms with E-state index in [0.29, 0.717) is 17.4 Å². The first kappa shape index (κ1) is 26.7. The Morgan fingerprint density at radius 1 is 1.15 bits per heavy atom. The number of carboxylic acids is 1. The van der Waals surface area contributed by atoms with Gasteiger partial charge in [-0.3, -0.25) is 0 Å². The molecule has 2 aliphatic rings. The molecule has 1 aromatic carbocycles. The van der Waals surface area contributed by atoms with E-state index in [4.69, 9.17) is 0 Å². The van der Waals surface area contributed by atoms with Crippen molar-refractivity contribution in [2.75, 3.05) is 0 Å². The Balaban J connectivity index is 1.44. The molecule has 1 fully saturated rings. The summed E-state index contributed by atoms with van der Waals surface area (Å²) in [5.74, 6) is 0.186. The highest BCUT2D eigenvalue weighted by molar-refractivity contribution is 5.89. The summed E-state index contributed by atoms with van der Waals surface area (Å²) in [6.45, 7) is 6.43. The van der Waals surface area contributed by atoms with E-state index in [0.717, 1.165) is 69.8 Å². The van der Waals surface area contributed by atoms with Crippen LogP contribution in [0.2, 0.25) is 0 Å². The molecule has 0 heterocycles. The molecule has 1 aromatic rings. The van der Waals surface area contributed by atoms with Crippen LogP contribution in [-0.2, 0) is 6.42 Å². The Bertz CT molecular complexity index is 868. The Morgan fingerprint density at radius 3 is 2.62 bits per heavy atom. The zero-order chi connectivity index (χ0) is 24.7. The number of aliphatic hydroxyl groups is 2. The van der Waals surface area contributed by atoms with Gasteiger partial charge in [0.15, 0.2) is 0 Å². The number of unbranched alkanes of at least 4 members (excludes halogenated alkanes) is 3. The lowest BCUT2D eigenvalue weighted by Gasteiger charge is -2.29. The molecular weight excluding hydrogens is 424 g/mol. The van der Waals surface area contributed by atoms with Crippen LogP contribution in [0.4, 0.5) is 0 Å². The van der Waals surface area contributed by atoms with Gasteiger partial charge in [-0.15, -0.1) is 0 Å². The fourth-order valence-corrected chi connectivity index (χ4v) is 5.86. The van der Waals surface area contributed by atoms with E-state index in [1.54, 1.807) is 12.1 Å². The summed E-state index contributed by atoms with van der Waals surface area (Å²) < 4.78 is 0. The number of hydrogen-bond donors (Lipinski definition) is 3. The van der Waals surface area contributed by atoms with Crippen molar-refractivity contribution in [2.24, 2.45) is 23.2 Å². The van der Waals surface area contributed by atoms with Crippen molar-refractivity contribution in [3.8, 4) is 0 Å². The first-order valence-corrected chi connectivity index (χ1v) is 13.3. The van der Waals surface area contributed by atoms with Crippen molar-refractivity contribution < 1.29 is 20.1 Å². The van der Waals surface area contributed by atoms with Gasteiger partial charge in [0.2, 0.25) is 0 Å². The van der Waals surface area contributed by atoms with Gasteiger partial charge >= 0.3 is 5.97 Å². The van der Waals surface area contributed by atoms with Gasteiger partial charge in [-0.25, -0.2) is 4.79 Å². The fraction of sp³-hybridized carbons (Fsp3) is 0.633. The summed E-state index contributed by atoms with van der Waals surface area (Å²) in [6.07, 6.45) is 15.9. The van der Waals surface area contributed by atoms with Crippen LogP contribution in [0.5, 0.6) is 0 Å². The minimum atomic E-state index is -0.846. The molecule has 0 unspecified atom stereocenters. The zero-order valence-electron chi connectivity index (χ0n) is 21.2. The van der Waals surface area contributed by atoms with E-state index >= 15 is 0 Å². The number of carbonyl (C=O) groups is 1. The molecule has 5 atom stereocenters. The van der Waals surface area contributed by atoms with Crippen molar-refractivity contribution in [1.82, 2.24) is 0 Å². The molecule has 188 valence electrons. The molecule has 1 saturated carbocycles. The standard InChI is InChI=1S/C30H44O4/c1-4-5-17-30(2,3)28(32)16-15-25-26-19-21(18-23(26)20-27(25)31)11-7-6-8-12-22-13-9-10-14-24(22)29(33)34/h9-10,13-16,18,23,25-28,31-32H,4-8,11-12,17,19-20H2,1-3H3,(H,33,34)/t23-,25-,26-,27+,28-/m0/s1. The second-order valence-corrected chi connectivity index (χ2v) is 11.2. The highest BCUT2D eigenvalue weighted by Gasteiger charge is 2.43. The third-order valence-electron chi connectivity index (χ3n) is 8.13. The van der Waals surface area contributed by atoms with Gasteiger partial charge in [-0.2, -0.15) is 0 Å². The van der Waals surface area contributed by atoms with Crippen LogP contribution < -0.4 is 0 Å². The van der Waals surface area contributed by atoms with E-state index < -0.39 is 12.1 Å². The van der Waals surface area contributed by atoms with E-state index in [-0.39, 0.29) is 17.4 Å². The molecule has 0 radical (unpaired) electrons. The molecule has 0 spiro atoms. The highest BCUT2D eigenvalue weighted by atomic mass is 16.4. The largest absolute Gasteiger partial charge is 0.478 e. The van der Waals surface area contributed by atoms with E-state index in [9.17, 15) is 20.1 Å². The lowest BCUT2D eigenvalue weighted by molar-refractivity contribution is 0.0695. The van der Waals surface area contributed by atoms with Crippen LogP contribution >= 0.6 is 0 Å². The molecule has 4 heteroatoms. The summed E-state index contributed by atoms with van der Waals surface area (Å²) in [6, 6.07) is 7.30. The molecule has 2 aliphatic carbocycles. The maximum Gasteiger partial charge on any atom is 0.335 e. The number of aromatic carboxylic acids is 1. The highest BCUT2D eigenvalue weighted by Crippen LogP contribution is 2.48. The number of aryl methyl sites for hydroxylation is 1. The second-order valence-electron chi connectivity index (χ2n) is 11.2. The van der Waals surface area contributed by atoms with Gasteiger partial charge < -0.3 is 15.3 Å². The molecule has 0 aromatic heterocycles. The molecule has 34 heavy (non-hydrogen) atoms. The van der Waals surface area contributed by atoms with E-state index in [1.807, 2.05) is 18.2 Å². The number of fused-ring (bicyclic) bond motifs is 1. The Labute approximate surface area is 205 Å². The van der Waals surface area contributed by atoms with Crippen LogP contribution in [0.25, 0.3) is 0 Å². The van der Waals surface area contributed by atoms with Crippen LogP contribution in [0.3, 0.4) is 0 Å². The number of benzene rings is 1. The molecule has 3 N–H and O–H groups in total. The molecule has 0 bridgehead atoms. The number of carboxylic acid groups (broad SMARTS) is 1. The monoisotopic (exact) mass is 468 g/mol. The Morgan fingerprint density at radius 2 is 1.88 bits per heavy atom. The van der Waals surface area contributed by atoms with Crippen LogP contribution in [-0.4, -0.2) is 33.5 Å². The lowest BCUT2D eigenvalue weighted by atomic mass is 9.80. The maximum absolute atomic E-state index is 11.4. The van der Waals surface area contributed by atoms with Crippen molar-refractivity contribution in [2.45, 2.75) is 97.2 Å². The maximum atomic E-state index is 11.4. The molecule has 4 nitrogen and oxygen atoms in total. The van der Waals surface area contributed by atoms with Crippen LogP contribution in [0, 0.1) is 23.2 Å². The number of rotatable bonds is 13. The average molecular weight is 469 g/mol. The Kier molecular flexibility index (Phi) is 9.56. The summed E-state index contributed by atoms with van der Waals surface area (Å²) in [5.41, 5.74) is 2.72. The quantitative estimate of drug-likeness (QED) is 0.226. The topological polar surface area (TPSA) is 77.8 Å². The van der Waals surface area contributed by atoms with Crippen LogP contribution in [0.15, 0.2) is 48.1 Å². The molecule has 0 saturated heterocycles. The molecular formula is C30H44O4. The summed E-state index contributed by atoms with van der Waals surface area (Å²) in [5, 5.41) is 30.7. The first-order chi connectivity index (χ1) is 16.2. The number of aliphatic hydroxyl groups excluding tert-OH is 2. The lowest BCUT2D eigenvalue weighted by Crippen LogP contribution is -2.28. The van der Waals surface area contributed by atoms with E-state index in [2.05, 4.69) is 32.9 Å². The van der Waals surface area contributed by atoms with Crippen molar-refractivity contribution in [3.05, 3.63) is 59.2 Å². The predicted molar refractivity (Wildman–Crippen MR) is 138 cm³/mol. The zero-order valence-corrected chi connectivity index (χ0v) is 21.2. The van der Waals surface area contributed by atoms with E-state index in [1.165, 1.54) is 5.57 Å². The van der Waals surface area contributed by atoms with Gasteiger partial charge in [0.05, 0.1) is 17.8 Å². The van der Waals surface area contributed by atoms with Gasteiger partial charge in [-0.1, -0.05) is 82.0 Å². The molecule has 0 amide bonds. The molecule has 3 rings (SSSR count). The number of allylic oxidation sites excluding steroid dienone is 2. The van der Waals surface area contributed by atoms with Gasteiger partial charge in [0, 0.05) is 5.92 Å². The van der Waals surface area contributed by atoms with Crippen molar-refractivity contribution in [1.29, 1.82) is 0 Å². The van der Waals surface area contributed by atoms with Gasteiger partial charge in [0.25, 0.3) is 0 Å². The SMILES string of the molecule is CCCCC(C)(C)[C@@H](O)C=C[C@H]1[C@H]2CC(CCCCCc3ccccc3C(=O)O)=C[C@H]2C[C@H]1O. The summed E-state index contributed by atoms with van der Waals surface area (Å²) in [7, 11) is 0. The third kappa shape index (κ3) is 6.82. The second kappa shape index (κ2) is 12.2. The normalized spacial score (nSPS) is 25.5. The minimum Gasteiger partial charge on any atom is -0.478 e. The smallest absolute Gasteiger partial charge is 0.335 e. The van der Waals surface area contributed by atoms with Crippen LogP contribution in [0.1, 0.15) is 94.5 Å². The van der Waals surface area contributed by atoms with Gasteiger partial charge in [-0.05, 0) is 73.8 Å². The Hall–Kier alpha value is -1.91. The van der Waals surface area contributed by atoms with Crippen molar-refractivity contribution >= 4 is 5.97 Å². The molecule has 0 aliphatic heterocycles.